The average Bonchev–Trinajstić information content (AvgIpc) is 3.24. The molecule has 0 radical (unpaired) electrons. The van der Waals surface area contributed by atoms with Gasteiger partial charge in [0.25, 0.3) is 0 Å². The number of hydrogen-bond acceptors (Lipinski definition) is 4. The van der Waals surface area contributed by atoms with E-state index in [-0.39, 0.29) is 0 Å². The molecule has 21 heavy (non-hydrogen) atoms. The van der Waals surface area contributed by atoms with Crippen molar-refractivity contribution in [2.45, 2.75) is 18.9 Å². The molecule has 0 saturated heterocycles. The van der Waals surface area contributed by atoms with Crippen molar-refractivity contribution in [3.63, 3.8) is 0 Å². The zero-order chi connectivity index (χ0) is 14.1. The summed E-state index contributed by atoms with van der Waals surface area (Å²) in [7, 11) is 0. The summed E-state index contributed by atoms with van der Waals surface area (Å²) in [6.45, 7) is 0.890. The van der Waals surface area contributed by atoms with Crippen molar-refractivity contribution in [2.24, 2.45) is 4.99 Å². The molecule has 2 aromatic rings. The van der Waals surface area contributed by atoms with Crippen molar-refractivity contribution in [1.29, 1.82) is 0 Å². The van der Waals surface area contributed by atoms with Gasteiger partial charge in [0.05, 0.1) is 24.6 Å². The lowest BCUT2D eigenvalue weighted by molar-refractivity contribution is 0.435. The number of imidazole rings is 1. The number of aliphatic imine (C=N–C) groups is 1. The topological polar surface area (TPSA) is 44.3 Å². The molecular formula is C16H16N4S. The van der Waals surface area contributed by atoms with Crippen LogP contribution in [0.15, 0.2) is 53.3 Å². The zero-order valence-electron chi connectivity index (χ0n) is 11.6. The van der Waals surface area contributed by atoms with E-state index in [4.69, 9.17) is 0 Å². The van der Waals surface area contributed by atoms with Gasteiger partial charge in [-0.05, 0) is 18.4 Å². The highest BCUT2D eigenvalue weighted by Gasteiger charge is 2.34. The summed E-state index contributed by atoms with van der Waals surface area (Å²) in [4.78, 5) is 14.3. The summed E-state index contributed by atoms with van der Waals surface area (Å²) in [5.74, 6) is 0. The van der Waals surface area contributed by atoms with Crippen LogP contribution in [0, 0.1) is 0 Å². The van der Waals surface area contributed by atoms with Crippen LogP contribution in [-0.4, -0.2) is 32.6 Å². The predicted octanol–water partition coefficient (Wildman–Crippen LogP) is 3.13. The molecule has 1 atom stereocenters. The lowest BCUT2D eigenvalue weighted by atomic mass is 10.1. The smallest absolute Gasteiger partial charge is 0.168 e. The normalized spacial score (nSPS) is 20.4. The van der Waals surface area contributed by atoms with Crippen molar-refractivity contribution < 1.29 is 0 Å². The van der Waals surface area contributed by atoms with Gasteiger partial charge in [-0.3, -0.25) is 4.99 Å². The number of H-pyrrole nitrogens is 1. The van der Waals surface area contributed by atoms with E-state index < -0.39 is 0 Å². The first kappa shape index (κ1) is 12.7. The molecule has 3 heterocycles. The number of aryl methyl sites for hydroxylation is 1. The van der Waals surface area contributed by atoms with Crippen LogP contribution < -0.4 is 0 Å². The predicted molar refractivity (Wildman–Crippen MR) is 86.8 cm³/mol. The molecule has 0 bridgehead atoms. The summed E-state index contributed by atoms with van der Waals surface area (Å²) in [6, 6.07) is 11.0. The maximum absolute atomic E-state index is 4.68. The highest BCUT2D eigenvalue weighted by Crippen LogP contribution is 2.38. The second kappa shape index (κ2) is 5.41. The van der Waals surface area contributed by atoms with Crippen molar-refractivity contribution in [1.82, 2.24) is 14.9 Å². The number of fused-ring (bicyclic) bond motifs is 1. The van der Waals surface area contributed by atoms with E-state index in [1.54, 1.807) is 18.1 Å². The Labute approximate surface area is 128 Å². The molecule has 0 fully saturated rings. The molecule has 5 heteroatoms. The van der Waals surface area contributed by atoms with E-state index in [9.17, 15) is 0 Å². The quantitative estimate of drug-likeness (QED) is 0.942. The molecule has 0 amide bonds. The molecule has 1 N–H and O–H groups in total. The van der Waals surface area contributed by atoms with E-state index in [0.717, 1.165) is 24.6 Å². The number of rotatable bonds is 4. The van der Waals surface area contributed by atoms with Gasteiger partial charge >= 0.3 is 0 Å². The van der Waals surface area contributed by atoms with Gasteiger partial charge in [0.15, 0.2) is 5.17 Å². The van der Waals surface area contributed by atoms with Crippen LogP contribution in [0.5, 0.6) is 0 Å². The minimum absolute atomic E-state index is 0.449. The lowest BCUT2D eigenvalue weighted by Gasteiger charge is -2.25. The Bertz CT molecular complexity index is 676. The van der Waals surface area contributed by atoms with Crippen molar-refractivity contribution in [2.75, 3.05) is 6.54 Å². The fourth-order valence-electron chi connectivity index (χ4n) is 2.84. The molecule has 4 nitrogen and oxygen atoms in total. The number of aromatic nitrogens is 2. The molecular weight excluding hydrogens is 280 g/mol. The van der Waals surface area contributed by atoms with Gasteiger partial charge in [0.1, 0.15) is 0 Å². The summed E-state index contributed by atoms with van der Waals surface area (Å²) in [6.07, 6.45) is 5.74. The van der Waals surface area contributed by atoms with Crippen LogP contribution in [0.3, 0.4) is 0 Å². The number of thioether (sulfide) groups is 1. The standard InChI is InChI=1S/C16H16N4S/c1-2-4-12(5-3-1)15-10-21-16-18-9-14(20(15)16)7-6-13-8-17-11-19-13/h1-5,8,10-11,14H,6-7,9H2,(H,17,19)/t14-/m1/s1. The fraction of sp³-hybridized carbons (Fsp3) is 0.250. The van der Waals surface area contributed by atoms with Crippen molar-refractivity contribution >= 4 is 22.6 Å². The molecule has 2 aliphatic heterocycles. The zero-order valence-corrected chi connectivity index (χ0v) is 12.4. The summed E-state index contributed by atoms with van der Waals surface area (Å²) >= 11 is 1.74. The summed E-state index contributed by atoms with van der Waals surface area (Å²) < 4.78 is 0. The molecule has 4 rings (SSSR count). The Morgan fingerprint density at radius 1 is 1.29 bits per heavy atom. The Morgan fingerprint density at radius 2 is 2.19 bits per heavy atom. The Balaban J connectivity index is 1.52. The van der Waals surface area contributed by atoms with Crippen LogP contribution in [-0.2, 0) is 6.42 Å². The van der Waals surface area contributed by atoms with Crippen LogP contribution in [0.1, 0.15) is 17.7 Å². The van der Waals surface area contributed by atoms with E-state index in [1.165, 1.54) is 17.0 Å². The van der Waals surface area contributed by atoms with Gasteiger partial charge in [0.2, 0.25) is 0 Å². The van der Waals surface area contributed by atoms with Crippen LogP contribution in [0.2, 0.25) is 0 Å². The maximum Gasteiger partial charge on any atom is 0.168 e. The van der Waals surface area contributed by atoms with Gasteiger partial charge in [-0.15, -0.1) is 0 Å². The summed E-state index contributed by atoms with van der Waals surface area (Å²) in [5.41, 5.74) is 3.75. The van der Waals surface area contributed by atoms with Crippen molar-refractivity contribution in [3.05, 3.63) is 59.5 Å². The average molecular weight is 296 g/mol. The van der Waals surface area contributed by atoms with Gasteiger partial charge in [-0.1, -0.05) is 42.1 Å². The molecule has 0 saturated carbocycles. The van der Waals surface area contributed by atoms with E-state index >= 15 is 0 Å². The third-order valence-corrected chi connectivity index (χ3v) is 4.79. The fourth-order valence-corrected chi connectivity index (χ4v) is 3.81. The third kappa shape index (κ3) is 2.38. The van der Waals surface area contributed by atoms with Crippen LogP contribution in [0.4, 0.5) is 0 Å². The molecule has 1 aromatic heterocycles. The monoisotopic (exact) mass is 296 g/mol. The minimum atomic E-state index is 0.449. The third-order valence-electron chi connectivity index (χ3n) is 3.92. The Kier molecular flexibility index (Phi) is 3.27. The first-order valence-electron chi connectivity index (χ1n) is 7.15. The Hall–Kier alpha value is -2.01. The number of nitrogens with zero attached hydrogens (tertiary/aromatic N) is 3. The second-order valence-corrected chi connectivity index (χ2v) is 6.09. The number of amidine groups is 1. The van der Waals surface area contributed by atoms with Crippen molar-refractivity contribution in [3.8, 4) is 0 Å². The molecule has 0 unspecified atom stereocenters. The number of benzene rings is 1. The maximum atomic E-state index is 4.68. The van der Waals surface area contributed by atoms with Gasteiger partial charge in [-0.25, -0.2) is 4.98 Å². The highest BCUT2D eigenvalue weighted by molar-refractivity contribution is 8.16. The molecule has 1 aromatic carbocycles. The van der Waals surface area contributed by atoms with Gasteiger partial charge < -0.3 is 9.88 Å². The lowest BCUT2D eigenvalue weighted by Crippen LogP contribution is -2.32. The van der Waals surface area contributed by atoms with Crippen LogP contribution in [0.25, 0.3) is 5.70 Å². The second-order valence-electron chi connectivity index (χ2n) is 5.25. The largest absolute Gasteiger partial charge is 0.348 e. The Morgan fingerprint density at radius 3 is 3.00 bits per heavy atom. The molecule has 0 aliphatic carbocycles. The van der Waals surface area contributed by atoms with Crippen LogP contribution >= 0.6 is 11.8 Å². The first-order valence-corrected chi connectivity index (χ1v) is 8.03. The van der Waals surface area contributed by atoms with E-state index in [0.29, 0.717) is 6.04 Å². The molecule has 2 aliphatic rings. The minimum Gasteiger partial charge on any atom is -0.348 e. The highest BCUT2D eigenvalue weighted by atomic mass is 32.2. The SMILES string of the molecule is C1=C(c2ccccc2)N2C(=NC[C@H]2CCc2cnc[nH]2)S1. The number of hydrogen-bond donors (Lipinski definition) is 1. The van der Waals surface area contributed by atoms with Gasteiger partial charge in [0, 0.05) is 17.3 Å². The number of aromatic amines is 1. The first-order chi connectivity index (χ1) is 10.4. The van der Waals surface area contributed by atoms with E-state index in [1.807, 2.05) is 6.20 Å². The van der Waals surface area contributed by atoms with E-state index in [2.05, 4.69) is 55.6 Å². The molecule has 106 valence electrons. The molecule has 0 spiro atoms. The number of nitrogens with one attached hydrogen (secondary N) is 1. The summed E-state index contributed by atoms with van der Waals surface area (Å²) in [5, 5.41) is 3.36. The van der Waals surface area contributed by atoms with Gasteiger partial charge in [-0.2, -0.15) is 0 Å².